The number of hydrogen-bond donors (Lipinski definition) is 1. The minimum atomic E-state index is -0.422. The summed E-state index contributed by atoms with van der Waals surface area (Å²) in [4.78, 5) is 28.5. The molecule has 1 aliphatic rings. The first-order chi connectivity index (χ1) is 13.4. The Morgan fingerprint density at radius 1 is 1.18 bits per heavy atom. The number of benzene rings is 2. The summed E-state index contributed by atoms with van der Waals surface area (Å²) in [5.74, 6) is 0.165. The highest BCUT2D eigenvalue weighted by molar-refractivity contribution is 8.18. The monoisotopic (exact) mass is 396 g/mol. The molecule has 0 aliphatic carbocycles. The van der Waals surface area contributed by atoms with Crippen LogP contribution in [-0.2, 0) is 9.59 Å². The third-order valence-electron chi connectivity index (χ3n) is 3.73. The molecule has 28 heavy (non-hydrogen) atoms. The first-order valence-electron chi connectivity index (χ1n) is 8.76. The van der Waals surface area contributed by atoms with Crippen LogP contribution in [0.2, 0.25) is 0 Å². The summed E-state index contributed by atoms with van der Waals surface area (Å²) in [6, 6.07) is 12.9. The molecule has 0 saturated carbocycles. The van der Waals surface area contributed by atoms with E-state index in [0.29, 0.717) is 28.2 Å². The van der Waals surface area contributed by atoms with E-state index >= 15 is 0 Å². The van der Waals surface area contributed by atoms with Crippen LogP contribution in [0.4, 0.5) is 5.69 Å². The van der Waals surface area contributed by atoms with E-state index in [1.165, 1.54) is 18.7 Å². The van der Waals surface area contributed by atoms with Gasteiger partial charge in [0.15, 0.2) is 16.7 Å². The SMILES string of the molecule is CCOc1cc(/C=C2\SC(=Nc3ccc(C)cc3)NC2=O)ccc1OC(C)=O. The second kappa shape index (κ2) is 8.75. The molecule has 144 valence electrons. The van der Waals surface area contributed by atoms with E-state index in [0.717, 1.165) is 16.8 Å². The first kappa shape index (κ1) is 19.7. The number of ether oxygens (including phenoxy) is 2. The lowest BCUT2D eigenvalue weighted by Gasteiger charge is -2.10. The fourth-order valence-corrected chi connectivity index (χ4v) is 3.33. The summed E-state index contributed by atoms with van der Waals surface area (Å²) >= 11 is 1.27. The number of rotatable bonds is 5. The average molecular weight is 396 g/mol. The van der Waals surface area contributed by atoms with Gasteiger partial charge in [0.2, 0.25) is 0 Å². The van der Waals surface area contributed by atoms with Crippen molar-refractivity contribution in [2.75, 3.05) is 6.61 Å². The van der Waals surface area contributed by atoms with Crippen LogP contribution in [0, 0.1) is 6.92 Å². The summed E-state index contributed by atoms with van der Waals surface area (Å²) in [6.07, 6.45) is 1.75. The van der Waals surface area contributed by atoms with Gasteiger partial charge in [-0.2, -0.15) is 0 Å². The van der Waals surface area contributed by atoms with Crippen molar-refractivity contribution in [1.29, 1.82) is 0 Å². The highest BCUT2D eigenvalue weighted by atomic mass is 32.2. The number of hydrogen-bond acceptors (Lipinski definition) is 6. The molecule has 1 saturated heterocycles. The van der Waals surface area contributed by atoms with Gasteiger partial charge in [0, 0.05) is 6.92 Å². The Morgan fingerprint density at radius 3 is 2.61 bits per heavy atom. The van der Waals surface area contributed by atoms with Gasteiger partial charge >= 0.3 is 5.97 Å². The van der Waals surface area contributed by atoms with E-state index < -0.39 is 5.97 Å². The third kappa shape index (κ3) is 5.01. The highest BCUT2D eigenvalue weighted by Gasteiger charge is 2.24. The van der Waals surface area contributed by atoms with Crippen LogP contribution in [0.15, 0.2) is 52.4 Å². The van der Waals surface area contributed by atoms with Crippen LogP contribution in [-0.4, -0.2) is 23.7 Å². The molecule has 0 spiro atoms. The topological polar surface area (TPSA) is 77.0 Å². The molecule has 2 aromatic carbocycles. The highest BCUT2D eigenvalue weighted by Crippen LogP contribution is 2.32. The van der Waals surface area contributed by atoms with Gasteiger partial charge in [-0.15, -0.1) is 0 Å². The number of carbonyl (C=O) groups excluding carboxylic acids is 2. The first-order valence-corrected chi connectivity index (χ1v) is 9.58. The largest absolute Gasteiger partial charge is 0.490 e. The summed E-state index contributed by atoms with van der Waals surface area (Å²) in [5.41, 5.74) is 2.68. The molecule has 3 rings (SSSR count). The second-order valence-electron chi connectivity index (χ2n) is 6.05. The normalized spacial score (nSPS) is 16.3. The maximum atomic E-state index is 12.3. The fourth-order valence-electron chi connectivity index (χ4n) is 2.49. The van der Waals surface area contributed by atoms with Crippen molar-refractivity contribution in [3.05, 3.63) is 58.5 Å². The Labute approximate surface area is 167 Å². The predicted octanol–water partition coefficient (Wildman–Crippen LogP) is 4.21. The molecule has 2 aromatic rings. The molecule has 7 heteroatoms. The van der Waals surface area contributed by atoms with Crippen molar-refractivity contribution < 1.29 is 19.1 Å². The van der Waals surface area contributed by atoms with Gasteiger partial charge in [0.05, 0.1) is 17.2 Å². The van der Waals surface area contributed by atoms with Crippen LogP contribution in [0.25, 0.3) is 6.08 Å². The molecule has 1 N–H and O–H groups in total. The lowest BCUT2D eigenvalue weighted by atomic mass is 10.2. The smallest absolute Gasteiger partial charge is 0.308 e. The Kier molecular flexibility index (Phi) is 6.16. The van der Waals surface area contributed by atoms with Gasteiger partial charge < -0.3 is 14.8 Å². The molecule has 6 nitrogen and oxygen atoms in total. The second-order valence-corrected chi connectivity index (χ2v) is 7.08. The molecule has 0 atom stereocenters. The van der Waals surface area contributed by atoms with Crippen molar-refractivity contribution in [1.82, 2.24) is 5.32 Å². The number of amidine groups is 1. The molecular formula is C21H20N2O4S. The molecule has 0 bridgehead atoms. The Balaban J connectivity index is 1.82. The van der Waals surface area contributed by atoms with Gasteiger partial charge in [-0.05, 0) is 61.5 Å². The lowest BCUT2D eigenvalue weighted by molar-refractivity contribution is -0.132. The van der Waals surface area contributed by atoms with Crippen LogP contribution in [0.5, 0.6) is 11.5 Å². The zero-order valence-electron chi connectivity index (χ0n) is 15.8. The lowest BCUT2D eigenvalue weighted by Crippen LogP contribution is -2.19. The van der Waals surface area contributed by atoms with E-state index in [4.69, 9.17) is 9.47 Å². The molecule has 0 aromatic heterocycles. The molecule has 1 heterocycles. The summed E-state index contributed by atoms with van der Waals surface area (Å²) in [5, 5.41) is 3.30. The van der Waals surface area contributed by atoms with Crippen LogP contribution >= 0.6 is 11.8 Å². The predicted molar refractivity (Wildman–Crippen MR) is 111 cm³/mol. The standard InChI is InChI=1S/C21H20N2O4S/c1-4-26-18-11-15(7-10-17(18)27-14(3)24)12-19-20(25)23-21(28-19)22-16-8-5-13(2)6-9-16/h5-12H,4H2,1-3H3,(H,22,23,25)/b19-12-. The summed E-state index contributed by atoms with van der Waals surface area (Å²) in [7, 11) is 0. The minimum absolute atomic E-state index is 0.210. The molecule has 1 amide bonds. The molecule has 1 fully saturated rings. The zero-order valence-corrected chi connectivity index (χ0v) is 16.6. The number of nitrogens with one attached hydrogen (secondary N) is 1. The molecule has 0 radical (unpaired) electrons. The number of carbonyl (C=O) groups is 2. The third-order valence-corrected chi connectivity index (χ3v) is 4.64. The Morgan fingerprint density at radius 2 is 1.93 bits per heavy atom. The zero-order chi connectivity index (χ0) is 20.1. The van der Waals surface area contributed by atoms with E-state index in [1.807, 2.05) is 38.1 Å². The van der Waals surface area contributed by atoms with Crippen molar-refractivity contribution in [3.8, 4) is 11.5 Å². The van der Waals surface area contributed by atoms with Crippen molar-refractivity contribution in [2.24, 2.45) is 4.99 Å². The van der Waals surface area contributed by atoms with Gasteiger partial charge in [0.25, 0.3) is 5.91 Å². The number of thioether (sulfide) groups is 1. The fraction of sp³-hybridized carbons (Fsp3) is 0.190. The van der Waals surface area contributed by atoms with Gasteiger partial charge in [0.1, 0.15) is 0 Å². The molecular weight excluding hydrogens is 376 g/mol. The summed E-state index contributed by atoms with van der Waals surface area (Å²) < 4.78 is 10.7. The van der Waals surface area contributed by atoms with Crippen LogP contribution in [0.3, 0.4) is 0 Å². The summed E-state index contributed by atoms with van der Waals surface area (Å²) in [6.45, 7) is 5.61. The van der Waals surface area contributed by atoms with Crippen molar-refractivity contribution >= 4 is 40.6 Å². The quantitative estimate of drug-likeness (QED) is 0.465. The minimum Gasteiger partial charge on any atom is -0.490 e. The van der Waals surface area contributed by atoms with E-state index in [-0.39, 0.29) is 5.91 Å². The van der Waals surface area contributed by atoms with Gasteiger partial charge in [-0.25, -0.2) is 4.99 Å². The van der Waals surface area contributed by atoms with Crippen molar-refractivity contribution in [2.45, 2.75) is 20.8 Å². The van der Waals surface area contributed by atoms with Crippen molar-refractivity contribution in [3.63, 3.8) is 0 Å². The van der Waals surface area contributed by atoms with Gasteiger partial charge in [-0.1, -0.05) is 23.8 Å². The number of amides is 1. The Hall–Kier alpha value is -3.06. The van der Waals surface area contributed by atoms with Gasteiger partial charge in [-0.3, -0.25) is 9.59 Å². The Bertz CT molecular complexity index is 965. The average Bonchev–Trinajstić information content (AvgIpc) is 2.98. The van der Waals surface area contributed by atoms with E-state index in [1.54, 1.807) is 24.3 Å². The van der Waals surface area contributed by atoms with E-state index in [9.17, 15) is 9.59 Å². The van der Waals surface area contributed by atoms with E-state index in [2.05, 4.69) is 10.3 Å². The number of esters is 1. The van der Waals surface area contributed by atoms with Crippen LogP contribution in [0.1, 0.15) is 25.0 Å². The number of aliphatic imine (C=N–C) groups is 1. The maximum Gasteiger partial charge on any atom is 0.308 e. The number of aryl methyl sites for hydroxylation is 1. The van der Waals surface area contributed by atoms with Crippen LogP contribution < -0.4 is 14.8 Å². The molecule has 0 unspecified atom stereocenters. The molecule has 1 aliphatic heterocycles. The number of nitrogens with zero attached hydrogens (tertiary/aromatic N) is 1. The maximum absolute atomic E-state index is 12.3.